The van der Waals surface area contributed by atoms with E-state index in [9.17, 15) is 9.59 Å². The molecule has 1 aliphatic rings. The number of fused-ring (bicyclic) bond motifs is 1. The third kappa shape index (κ3) is 5.49. The van der Waals surface area contributed by atoms with Gasteiger partial charge in [0.2, 0.25) is 11.8 Å². The zero-order chi connectivity index (χ0) is 27.4. The molecule has 0 aliphatic carbocycles. The molecule has 4 aromatic rings. The lowest BCUT2D eigenvalue weighted by molar-refractivity contribution is -0.123. The van der Waals surface area contributed by atoms with Gasteiger partial charge in [-0.05, 0) is 23.3 Å². The Bertz CT molecular complexity index is 1470. The fourth-order valence-electron chi connectivity index (χ4n) is 4.77. The lowest BCUT2D eigenvalue weighted by atomic mass is 9.99. The van der Waals surface area contributed by atoms with Crippen LogP contribution in [0.1, 0.15) is 21.9 Å². The fourth-order valence-corrected chi connectivity index (χ4v) is 5.96. The molecule has 3 aromatic carbocycles. The van der Waals surface area contributed by atoms with E-state index in [0.29, 0.717) is 23.9 Å². The number of nitrogens with zero attached hydrogens (tertiary/aromatic N) is 3. The highest BCUT2D eigenvalue weighted by Gasteiger charge is 2.36. The molecule has 5 rings (SSSR count). The Balaban J connectivity index is 1.56. The maximum Gasteiger partial charge on any atom is 0.240 e. The minimum atomic E-state index is -0.241. The molecule has 0 spiro atoms. The summed E-state index contributed by atoms with van der Waals surface area (Å²) < 4.78 is 12.7. The van der Waals surface area contributed by atoms with Gasteiger partial charge in [-0.25, -0.2) is 0 Å². The van der Waals surface area contributed by atoms with Crippen molar-refractivity contribution in [3.63, 3.8) is 0 Å². The Labute approximate surface area is 231 Å². The molecule has 2 heterocycles. The van der Waals surface area contributed by atoms with E-state index in [0.717, 1.165) is 27.9 Å². The van der Waals surface area contributed by atoms with E-state index in [4.69, 9.17) is 14.6 Å². The van der Waals surface area contributed by atoms with E-state index in [2.05, 4.69) is 5.32 Å². The monoisotopic (exact) mass is 542 g/mol. The number of anilines is 1. The van der Waals surface area contributed by atoms with Gasteiger partial charge < -0.3 is 14.8 Å². The number of benzene rings is 3. The largest absolute Gasteiger partial charge is 0.493 e. The highest BCUT2D eigenvalue weighted by Crippen LogP contribution is 2.48. The van der Waals surface area contributed by atoms with Crippen LogP contribution in [0.25, 0.3) is 11.3 Å². The Morgan fingerprint density at radius 1 is 1.00 bits per heavy atom. The maximum absolute atomic E-state index is 13.5. The first kappa shape index (κ1) is 26.4. The van der Waals surface area contributed by atoms with Crippen LogP contribution in [0.15, 0.2) is 78.9 Å². The molecular formula is C30H30N4O4S. The van der Waals surface area contributed by atoms with Crippen LogP contribution in [0.5, 0.6) is 11.5 Å². The van der Waals surface area contributed by atoms with Crippen LogP contribution in [0.3, 0.4) is 0 Å². The van der Waals surface area contributed by atoms with Crippen molar-refractivity contribution < 1.29 is 19.1 Å². The van der Waals surface area contributed by atoms with E-state index in [-0.39, 0.29) is 29.4 Å². The number of rotatable bonds is 8. The zero-order valence-electron chi connectivity index (χ0n) is 22.1. The molecule has 1 aliphatic heterocycles. The molecule has 2 amide bonds. The summed E-state index contributed by atoms with van der Waals surface area (Å²) in [6.45, 7) is 0.282. The van der Waals surface area contributed by atoms with Crippen LogP contribution in [0.4, 0.5) is 5.82 Å². The van der Waals surface area contributed by atoms with Crippen molar-refractivity contribution in [3.8, 4) is 22.8 Å². The number of hydrogen-bond acceptors (Lipinski definition) is 6. The molecule has 200 valence electrons. The van der Waals surface area contributed by atoms with Crippen LogP contribution in [-0.2, 0) is 23.2 Å². The lowest BCUT2D eigenvalue weighted by Gasteiger charge is -2.22. The minimum absolute atomic E-state index is 0.106. The van der Waals surface area contributed by atoms with Gasteiger partial charge in [0.05, 0.1) is 30.9 Å². The number of aromatic nitrogens is 2. The average Bonchev–Trinajstić information content (AvgIpc) is 3.24. The summed E-state index contributed by atoms with van der Waals surface area (Å²) in [5.74, 6) is 1.65. The van der Waals surface area contributed by atoms with E-state index in [1.807, 2.05) is 85.9 Å². The standard InChI is InChI=1S/C30H30N4O4S/c1-33-30-27(28(32-33)21-12-8-5-9-13-21)29(22-14-15-23(37-2)24(16-22)38-3)39-19-26(36)34(30)18-25(35)31-17-20-10-6-4-7-11-20/h4-16,29H,17-19H2,1-3H3,(H,31,35). The van der Waals surface area contributed by atoms with Gasteiger partial charge >= 0.3 is 0 Å². The summed E-state index contributed by atoms with van der Waals surface area (Å²) >= 11 is 1.51. The number of carbonyl (C=O) groups is 2. The predicted molar refractivity (Wildman–Crippen MR) is 153 cm³/mol. The van der Waals surface area contributed by atoms with Crippen LogP contribution in [0, 0.1) is 0 Å². The summed E-state index contributed by atoms with van der Waals surface area (Å²) in [5, 5.41) is 7.58. The van der Waals surface area contributed by atoms with Crippen molar-refractivity contribution in [2.24, 2.45) is 7.05 Å². The average molecular weight is 543 g/mol. The Morgan fingerprint density at radius 3 is 2.38 bits per heavy atom. The van der Waals surface area contributed by atoms with Gasteiger partial charge in [-0.2, -0.15) is 5.10 Å². The summed E-state index contributed by atoms with van der Waals surface area (Å²) in [5.41, 5.74) is 4.52. The SMILES string of the molecule is COc1ccc(C2SCC(=O)N(CC(=O)NCc3ccccc3)c3c2c(-c2ccccc2)nn3C)cc1OC. The van der Waals surface area contributed by atoms with Crippen molar-refractivity contribution in [1.82, 2.24) is 15.1 Å². The normalized spacial score (nSPS) is 14.9. The molecular weight excluding hydrogens is 512 g/mol. The fraction of sp³-hybridized carbons (Fsp3) is 0.233. The van der Waals surface area contributed by atoms with Gasteiger partial charge in [0.1, 0.15) is 12.4 Å². The highest BCUT2D eigenvalue weighted by molar-refractivity contribution is 8.00. The van der Waals surface area contributed by atoms with Gasteiger partial charge in [0.15, 0.2) is 11.5 Å². The number of aryl methyl sites for hydroxylation is 1. The van der Waals surface area contributed by atoms with Gasteiger partial charge in [-0.15, -0.1) is 11.8 Å². The van der Waals surface area contributed by atoms with E-state index >= 15 is 0 Å². The van der Waals surface area contributed by atoms with Gasteiger partial charge in [0.25, 0.3) is 0 Å². The third-order valence-electron chi connectivity index (χ3n) is 6.64. The summed E-state index contributed by atoms with van der Waals surface area (Å²) in [4.78, 5) is 28.2. The summed E-state index contributed by atoms with van der Waals surface area (Å²) in [6, 6.07) is 25.4. The number of hydrogen-bond donors (Lipinski definition) is 1. The van der Waals surface area contributed by atoms with Crippen LogP contribution in [-0.4, -0.2) is 48.1 Å². The summed E-state index contributed by atoms with van der Waals surface area (Å²) in [7, 11) is 5.02. The molecule has 8 nitrogen and oxygen atoms in total. The molecule has 9 heteroatoms. The van der Waals surface area contributed by atoms with Gasteiger partial charge in [-0.3, -0.25) is 19.2 Å². The van der Waals surface area contributed by atoms with E-state index < -0.39 is 0 Å². The van der Waals surface area contributed by atoms with E-state index in [1.54, 1.807) is 23.8 Å². The number of methoxy groups -OCH3 is 2. The molecule has 0 radical (unpaired) electrons. The molecule has 0 saturated heterocycles. The first-order chi connectivity index (χ1) is 19.0. The molecule has 1 unspecified atom stereocenters. The van der Waals surface area contributed by atoms with Crippen molar-refractivity contribution in [2.75, 3.05) is 31.4 Å². The highest BCUT2D eigenvalue weighted by atomic mass is 32.2. The first-order valence-corrected chi connectivity index (χ1v) is 13.6. The number of carbonyl (C=O) groups excluding carboxylic acids is 2. The maximum atomic E-state index is 13.5. The second kappa shape index (κ2) is 11.7. The van der Waals surface area contributed by atoms with Gasteiger partial charge in [-0.1, -0.05) is 66.7 Å². The quantitative estimate of drug-likeness (QED) is 0.351. The topological polar surface area (TPSA) is 85.7 Å². The van der Waals surface area contributed by atoms with Crippen molar-refractivity contribution >= 4 is 29.4 Å². The number of amides is 2. The molecule has 39 heavy (non-hydrogen) atoms. The Morgan fingerprint density at radius 2 is 1.69 bits per heavy atom. The van der Waals surface area contributed by atoms with Crippen molar-refractivity contribution in [2.45, 2.75) is 11.8 Å². The smallest absolute Gasteiger partial charge is 0.240 e. The van der Waals surface area contributed by atoms with Crippen LogP contribution in [0.2, 0.25) is 0 Å². The Hall–Kier alpha value is -4.24. The number of nitrogens with one attached hydrogen (secondary N) is 1. The lowest BCUT2D eigenvalue weighted by Crippen LogP contribution is -2.42. The number of thioether (sulfide) groups is 1. The molecule has 0 saturated carbocycles. The molecule has 1 aromatic heterocycles. The second-order valence-corrected chi connectivity index (χ2v) is 10.2. The first-order valence-electron chi connectivity index (χ1n) is 12.6. The third-order valence-corrected chi connectivity index (χ3v) is 7.89. The summed E-state index contributed by atoms with van der Waals surface area (Å²) in [6.07, 6.45) is 0. The van der Waals surface area contributed by atoms with Gasteiger partial charge in [0, 0.05) is 24.7 Å². The number of ether oxygens (including phenoxy) is 2. The second-order valence-electron chi connectivity index (χ2n) is 9.12. The minimum Gasteiger partial charge on any atom is -0.493 e. The molecule has 0 bridgehead atoms. The molecule has 0 fully saturated rings. The predicted octanol–water partition coefficient (Wildman–Crippen LogP) is 4.59. The molecule has 1 N–H and O–H groups in total. The molecule has 1 atom stereocenters. The van der Waals surface area contributed by atoms with Crippen molar-refractivity contribution in [3.05, 3.63) is 95.6 Å². The van der Waals surface area contributed by atoms with E-state index in [1.165, 1.54) is 11.8 Å². The Kier molecular flexibility index (Phi) is 7.88. The van der Waals surface area contributed by atoms with Crippen LogP contribution < -0.4 is 19.7 Å². The van der Waals surface area contributed by atoms with Crippen molar-refractivity contribution in [1.29, 1.82) is 0 Å². The van der Waals surface area contributed by atoms with Crippen LogP contribution >= 0.6 is 11.8 Å². The zero-order valence-corrected chi connectivity index (χ0v) is 22.9.